The van der Waals surface area contributed by atoms with Gasteiger partial charge in [-0.15, -0.1) is 0 Å². The first-order valence-corrected chi connectivity index (χ1v) is 6.35. The molecule has 2 rings (SSSR count). The van der Waals surface area contributed by atoms with E-state index in [1.807, 2.05) is 20.8 Å². The van der Waals surface area contributed by atoms with Crippen LogP contribution >= 0.6 is 0 Å². The normalized spacial score (nSPS) is 17.1. The van der Waals surface area contributed by atoms with Crippen LogP contribution in [0.4, 0.5) is 5.69 Å². The van der Waals surface area contributed by atoms with Gasteiger partial charge in [-0.2, -0.15) is 8.42 Å². The van der Waals surface area contributed by atoms with E-state index in [1.165, 1.54) is 12.1 Å². The van der Waals surface area contributed by atoms with E-state index in [0.29, 0.717) is 0 Å². The Morgan fingerprint density at radius 1 is 1.29 bits per heavy atom. The van der Waals surface area contributed by atoms with Crippen LogP contribution in [-0.2, 0) is 15.5 Å². The van der Waals surface area contributed by atoms with E-state index in [4.69, 9.17) is 4.55 Å². The molecule has 0 aromatic heterocycles. The fourth-order valence-electron chi connectivity index (χ4n) is 1.79. The molecule has 0 saturated carbocycles. The molecule has 0 radical (unpaired) electrons. The zero-order valence-electron chi connectivity index (χ0n) is 9.35. The summed E-state index contributed by atoms with van der Waals surface area (Å²) in [5.41, 5.74) is 2.26. The Bertz CT molecular complexity index is 591. The number of benzene rings is 1. The third kappa shape index (κ3) is 2.48. The summed E-state index contributed by atoms with van der Waals surface area (Å²) in [5, 5.41) is 0. The molecule has 0 unspecified atom stereocenters. The Hall–Kier alpha value is -0.200. The molecular weight excluding hydrogens is 249 g/mol. The topological polar surface area (TPSA) is 66.7 Å². The van der Waals surface area contributed by atoms with Gasteiger partial charge in [-0.05, 0) is 30.7 Å². The summed E-state index contributed by atoms with van der Waals surface area (Å²) in [4.78, 5) is 4.29. The van der Waals surface area contributed by atoms with E-state index < -0.39 is 10.1 Å². The van der Waals surface area contributed by atoms with Crippen LogP contribution in [0.2, 0.25) is 0 Å². The maximum absolute atomic E-state index is 11.0. The molecule has 1 aromatic carbocycles. The maximum atomic E-state index is 11.0. The molecular formula is C11H14NNaO3S. The number of rotatable bonds is 1. The van der Waals surface area contributed by atoms with E-state index in [2.05, 4.69) is 4.99 Å². The van der Waals surface area contributed by atoms with Crippen molar-refractivity contribution in [3.8, 4) is 0 Å². The van der Waals surface area contributed by atoms with Crippen molar-refractivity contribution in [2.45, 2.75) is 31.1 Å². The summed E-state index contributed by atoms with van der Waals surface area (Å²) in [6.45, 7) is 5.87. The van der Waals surface area contributed by atoms with Crippen molar-refractivity contribution >= 4 is 51.1 Å². The predicted octanol–water partition coefficient (Wildman–Crippen LogP) is 1.67. The molecule has 0 spiro atoms. The number of fused-ring (bicyclic) bond motifs is 1. The Balaban J connectivity index is 0.00000144. The zero-order valence-corrected chi connectivity index (χ0v) is 10.2. The molecule has 1 N–H and O–H groups in total. The van der Waals surface area contributed by atoms with Crippen molar-refractivity contribution in [3.05, 3.63) is 23.8 Å². The van der Waals surface area contributed by atoms with E-state index >= 15 is 0 Å². The SMILES string of the molecule is CC1=Nc2ccc(S(=O)(=O)O)cc2C1(C)C.[NaH]. The minimum absolute atomic E-state index is 0. The molecule has 1 aliphatic heterocycles. The van der Waals surface area contributed by atoms with E-state index in [9.17, 15) is 8.42 Å². The Morgan fingerprint density at radius 3 is 2.41 bits per heavy atom. The van der Waals surface area contributed by atoms with Crippen LogP contribution in [0.3, 0.4) is 0 Å². The average molecular weight is 263 g/mol. The molecule has 0 aliphatic carbocycles. The van der Waals surface area contributed by atoms with Crippen molar-refractivity contribution in [3.63, 3.8) is 0 Å². The van der Waals surface area contributed by atoms with Crippen molar-refractivity contribution in [1.29, 1.82) is 0 Å². The third-order valence-electron chi connectivity index (χ3n) is 3.13. The molecule has 17 heavy (non-hydrogen) atoms. The number of hydrogen-bond donors (Lipinski definition) is 1. The summed E-state index contributed by atoms with van der Waals surface area (Å²) in [7, 11) is -4.14. The molecule has 88 valence electrons. The van der Waals surface area contributed by atoms with Crippen LogP contribution in [0, 0.1) is 0 Å². The quantitative estimate of drug-likeness (QED) is 0.619. The van der Waals surface area contributed by atoms with Crippen LogP contribution < -0.4 is 0 Å². The van der Waals surface area contributed by atoms with Gasteiger partial charge in [-0.25, -0.2) is 0 Å². The molecule has 0 bridgehead atoms. The van der Waals surface area contributed by atoms with Gasteiger partial charge >= 0.3 is 29.6 Å². The van der Waals surface area contributed by atoms with Crippen LogP contribution in [0.15, 0.2) is 28.1 Å². The Kier molecular flexibility index (Phi) is 3.91. The number of aliphatic imine (C=N–C) groups is 1. The Labute approximate surface area is 123 Å². The average Bonchev–Trinajstić information content (AvgIpc) is 2.37. The summed E-state index contributed by atoms with van der Waals surface area (Å²) in [6, 6.07) is 4.48. The van der Waals surface area contributed by atoms with Gasteiger partial charge in [0.2, 0.25) is 0 Å². The number of nitrogens with zero attached hydrogens (tertiary/aromatic N) is 1. The minimum atomic E-state index is -4.14. The molecule has 0 saturated heterocycles. The Morgan fingerprint density at radius 2 is 1.88 bits per heavy atom. The monoisotopic (exact) mass is 263 g/mol. The second-order valence-corrected chi connectivity index (χ2v) is 5.90. The summed E-state index contributed by atoms with van der Waals surface area (Å²) >= 11 is 0. The zero-order chi connectivity index (χ0) is 12.1. The van der Waals surface area contributed by atoms with Gasteiger partial charge in [0.1, 0.15) is 0 Å². The van der Waals surface area contributed by atoms with Crippen LogP contribution in [-0.4, -0.2) is 48.2 Å². The van der Waals surface area contributed by atoms with Crippen molar-refractivity contribution in [1.82, 2.24) is 0 Å². The molecule has 1 aliphatic rings. The van der Waals surface area contributed by atoms with E-state index in [0.717, 1.165) is 17.0 Å². The first-order chi connectivity index (χ1) is 7.23. The van der Waals surface area contributed by atoms with Gasteiger partial charge in [0.25, 0.3) is 10.1 Å². The molecule has 0 fully saturated rings. The first kappa shape index (κ1) is 14.9. The first-order valence-electron chi connectivity index (χ1n) is 4.91. The molecule has 0 amide bonds. The van der Waals surface area contributed by atoms with Crippen molar-refractivity contribution in [2.75, 3.05) is 0 Å². The van der Waals surface area contributed by atoms with Crippen LogP contribution in [0.1, 0.15) is 26.3 Å². The standard InChI is InChI=1S/C11H13NO3S.Na.H/c1-7-11(2,3)9-6-8(16(13,14)15)4-5-10(9)12-7;;/h4-6H,1-3H3,(H,13,14,15);;. The van der Waals surface area contributed by atoms with E-state index in [1.54, 1.807) is 6.07 Å². The fraction of sp³-hybridized carbons (Fsp3) is 0.364. The molecule has 1 heterocycles. The van der Waals surface area contributed by atoms with E-state index in [-0.39, 0.29) is 39.9 Å². The number of hydrogen-bond acceptors (Lipinski definition) is 3. The molecule has 1 aromatic rings. The van der Waals surface area contributed by atoms with Gasteiger partial charge in [0, 0.05) is 11.1 Å². The van der Waals surface area contributed by atoms with Crippen LogP contribution in [0.5, 0.6) is 0 Å². The summed E-state index contributed by atoms with van der Waals surface area (Å²) < 4.78 is 31.1. The van der Waals surface area contributed by atoms with Gasteiger partial charge in [0.15, 0.2) is 0 Å². The summed E-state index contributed by atoms with van der Waals surface area (Å²) in [5.74, 6) is 0. The second kappa shape index (κ2) is 4.48. The predicted molar refractivity (Wildman–Crippen MR) is 69.2 cm³/mol. The van der Waals surface area contributed by atoms with Gasteiger partial charge < -0.3 is 0 Å². The third-order valence-corrected chi connectivity index (χ3v) is 3.98. The molecule has 0 atom stereocenters. The second-order valence-electron chi connectivity index (χ2n) is 4.48. The van der Waals surface area contributed by atoms with Gasteiger partial charge in [-0.1, -0.05) is 13.8 Å². The van der Waals surface area contributed by atoms with Crippen molar-refractivity contribution in [2.24, 2.45) is 4.99 Å². The molecule has 6 heteroatoms. The van der Waals surface area contributed by atoms with Gasteiger partial charge in [0.05, 0.1) is 10.6 Å². The summed E-state index contributed by atoms with van der Waals surface area (Å²) in [6.07, 6.45) is 0. The van der Waals surface area contributed by atoms with Gasteiger partial charge in [-0.3, -0.25) is 9.55 Å². The molecule has 4 nitrogen and oxygen atoms in total. The fourth-order valence-corrected chi connectivity index (χ4v) is 2.30. The van der Waals surface area contributed by atoms with Crippen molar-refractivity contribution < 1.29 is 13.0 Å². The van der Waals surface area contributed by atoms with Crippen LogP contribution in [0.25, 0.3) is 0 Å².